The summed E-state index contributed by atoms with van der Waals surface area (Å²) in [4.78, 5) is 11.8. The van der Waals surface area contributed by atoms with Gasteiger partial charge in [-0.25, -0.2) is 4.79 Å². The second kappa shape index (κ2) is 7.72. The molecule has 0 aromatic heterocycles. The monoisotopic (exact) mass is 387 g/mol. The number of esters is 1. The second-order valence-electron chi connectivity index (χ2n) is 7.02. The van der Waals surface area contributed by atoms with Crippen LogP contribution >= 0.6 is 0 Å². The van der Waals surface area contributed by atoms with Crippen molar-refractivity contribution in [2.24, 2.45) is 0 Å². The highest BCUT2D eigenvalue weighted by atomic mass is 16.6. The van der Waals surface area contributed by atoms with Gasteiger partial charge in [0.2, 0.25) is 0 Å². The van der Waals surface area contributed by atoms with E-state index < -0.39 is 17.6 Å². The molecule has 2 atom stereocenters. The Kier molecular flexibility index (Phi) is 4.96. The summed E-state index contributed by atoms with van der Waals surface area (Å²) in [6.07, 6.45) is 3.15. The minimum Gasteiger partial charge on any atom is -0.506 e. The van der Waals surface area contributed by atoms with Crippen LogP contribution in [0.4, 0.5) is 5.69 Å². The first kappa shape index (κ1) is 18.6. The van der Waals surface area contributed by atoms with Gasteiger partial charge in [-0.15, -0.1) is 0 Å². The largest absolute Gasteiger partial charge is 0.506 e. The minimum atomic E-state index is -0.926. The molecule has 0 radical (unpaired) electrons. The lowest BCUT2D eigenvalue weighted by Gasteiger charge is -2.33. The first-order valence-electron chi connectivity index (χ1n) is 9.33. The smallest absolute Gasteiger partial charge is 0.331 e. The molecule has 0 unspecified atom stereocenters. The summed E-state index contributed by atoms with van der Waals surface area (Å²) in [5.41, 5.74) is 0.470. The molecule has 4 rings (SSSR count). The molecule has 2 N–H and O–H groups in total. The van der Waals surface area contributed by atoms with Gasteiger partial charge in [0.1, 0.15) is 17.2 Å². The summed E-state index contributed by atoms with van der Waals surface area (Å²) in [6, 6.07) is 23.6. The number of benzene rings is 3. The summed E-state index contributed by atoms with van der Waals surface area (Å²) >= 11 is 0. The van der Waals surface area contributed by atoms with Crippen molar-refractivity contribution in [1.82, 2.24) is 0 Å². The zero-order chi connectivity index (χ0) is 20.3. The summed E-state index contributed by atoms with van der Waals surface area (Å²) in [5, 5.41) is 13.5. The molecular formula is C24H21NO4. The molecule has 0 fully saturated rings. The van der Waals surface area contributed by atoms with E-state index in [2.05, 4.69) is 5.32 Å². The first-order valence-corrected chi connectivity index (χ1v) is 9.33. The van der Waals surface area contributed by atoms with Gasteiger partial charge in [-0.05, 0) is 55.0 Å². The van der Waals surface area contributed by atoms with E-state index in [0.717, 1.165) is 11.3 Å². The fraction of sp³-hybridized carbons (Fsp3) is 0.125. The number of anilines is 1. The summed E-state index contributed by atoms with van der Waals surface area (Å²) in [6.45, 7) is 1.83. The van der Waals surface area contributed by atoms with Gasteiger partial charge in [-0.1, -0.05) is 42.5 Å². The van der Waals surface area contributed by atoms with Crippen molar-refractivity contribution >= 4 is 11.7 Å². The standard InChI is InChI=1S/C24H21NO4/c1-24(15-14-22(27)29-24)23(25-20-12-5-6-13-21(20)26)17-8-7-11-19(16-17)28-18-9-3-2-4-10-18/h2-16,23,25-26H,1H3/t23-,24-/m1/s1. The van der Waals surface area contributed by atoms with Gasteiger partial charge in [-0.3, -0.25) is 0 Å². The van der Waals surface area contributed by atoms with Gasteiger partial charge < -0.3 is 19.9 Å². The highest BCUT2D eigenvalue weighted by Gasteiger charge is 2.40. The Bertz CT molecular complexity index is 1050. The van der Waals surface area contributed by atoms with Gasteiger partial charge >= 0.3 is 5.97 Å². The minimum absolute atomic E-state index is 0.117. The predicted molar refractivity (Wildman–Crippen MR) is 111 cm³/mol. The number of carbonyl (C=O) groups excluding carboxylic acids is 1. The Morgan fingerprint density at radius 2 is 1.69 bits per heavy atom. The highest BCUT2D eigenvalue weighted by Crippen LogP contribution is 2.39. The van der Waals surface area contributed by atoms with Crippen LogP contribution in [0.3, 0.4) is 0 Å². The van der Waals surface area contributed by atoms with Crippen molar-refractivity contribution in [3.63, 3.8) is 0 Å². The number of para-hydroxylation sites is 3. The van der Waals surface area contributed by atoms with Gasteiger partial charge in [-0.2, -0.15) is 0 Å². The summed E-state index contributed by atoms with van der Waals surface area (Å²) in [7, 11) is 0. The van der Waals surface area contributed by atoms with Crippen molar-refractivity contribution in [2.75, 3.05) is 5.32 Å². The molecular weight excluding hydrogens is 366 g/mol. The number of rotatable bonds is 6. The van der Waals surface area contributed by atoms with Gasteiger partial charge in [0, 0.05) is 6.08 Å². The number of ether oxygens (including phenoxy) is 2. The van der Waals surface area contributed by atoms with Crippen LogP contribution in [0, 0.1) is 0 Å². The molecule has 0 saturated heterocycles. The van der Waals surface area contributed by atoms with Crippen LogP contribution in [0.1, 0.15) is 18.5 Å². The third kappa shape index (κ3) is 4.09. The van der Waals surface area contributed by atoms with Crippen LogP contribution < -0.4 is 10.1 Å². The van der Waals surface area contributed by atoms with Gasteiger partial charge in [0.25, 0.3) is 0 Å². The Morgan fingerprint density at radius 3 is 2.41 bits per heavy atom. The van der Waals surface area contributed by atoms with E-state index in [0.29, 0.717) is 11.4 Å². The van der Waals surface area contributed by atoms with E-state index in [1.54, 1.807) is 24.3 Å². The lowest BCUT2D eigenvalue weighted by atomic mass is 9.89. The zero-order valence-electron chi connectivity index (χ0n) is 15.9. The average molecular weight is 387 g/mol. The van der Waals surface area contributed by atoms with Crippen LogP contribution in [-0.2, 0) is 9.53 Å². The second-order valence-corrected chi connectivity index (χ2v) is 7.02. The number of carbonyl (C=O) groups is 1. The molecule has 1 aliphatic rings. The summed E-state index contributed by atoms with van der Waals surface area (Å²) < 4.78 is 11.6. The van der Waals surface area contributed by atoms with Crippen molar-refractivity contribution in [3.05, 3.63) is 96.6 Å². The number of hydrogen-bond acceptors (Lipinski definition) is 5. The quantitative estimate of drug-likeness (QED) is 0.449. The normalized spacial score (nSPS) is 18.9. The van der Waals surface area contributed by atoms with Crippen LogP contribution in [-0.4, -0.2) is 16.7 Å². The maximum Gasteiger partial charge on any atom is 0.331 e. The molecule has 0 bridgehead atoms. The van der Waals surface area contributed by atoms with E-state index in [1.165, 1.54) is 6.08 Å². The van der Waals surface area contributed by atoms with Crippen molar-refractivity contribution in [3.8, 4) is 17.2 Å². The third-order valence-corrected chi connectivity index (χ3v) is 4.82. The molecule has 0 spiro atoms. The molecule has 0 aliphatic carbocycles. The van der Waals surface area contributed by atoms with E-state index in [9.17, 15) is 9.90 Å². The molecule has 3 aromatic carbocycles. The molecule has 5 nitrogen and oxygen atoms in total. The number of nitrogens with one attached hydrogen (secondary N) is 1. The third-order valence-electron chi connectivity index (χ3n) is 4.82. The zero-order valence-corrected chi connectivity index (χ0v) is 15.9. The molecule has 1 heterocycles. The van der Waals surface area contributed by atoms with Crippen molar-refractivity contribution < 1.29 is 19.4 Å². The lowest BCUT2D eigenvalue weighted by Crippen LogP contribution is -2.37. The number of phenolic OH excluding ortho intramolecular Hbond substituents is 1. The fourth-order valence-electron chi connectivity index (χ4n) is 3.36. The Hall–Kier alpha value is -3.73. The number of cyclic esters (lactones) is 1. The predicted octanol–water partition coefficient (Wildman–Crippen LogP) is 5.21. The molecule has 3 aromatic rings. The molecule has 5 heteroatoms. The number of aromatic hydroxyl groups is 1. The molecule has 0 saturated carbocycles. The highest BCUT2D eigenvalue weighted by molar-refractivity contribution is 5.85. The fourth-order valence-corrected chi connectivity index (χ4v) is 3.36. The molecule has 29 heavy (non-hydrogen) atoms. The summed E-state index contributed by atoms with van der Waals surface area (Å²) in [5.74, 6) is 1.11. The van der Waals surface area contributed by atoms with E-state index >= 15 is 0 Å². The van der Waals surface area contributed by atoms with Crippen molar-refractivity contribution in [2.45, 2.75) is 18.6 Å². The lowest BCUT2D eigenvalue weighted by molar-refractivity contribution is -0.145. The van der Waals surface area contributed by atoms with Crippen LogP contribution in [0.2, 0.25) is 0 Å². The molecule has 0 amide bonds. The van der Waals surface area contributed by atoms with E-state index in [1.807, 2.05) is 67.6 Å². The Labute approximate surface area is 169 Å². The van der Waals surface area contributed by atoms with E-state index in [4.69, 9.17) is 9.47 Å². The average Bonchev–Trinajstić information content (AvgIpc) is 3.08. The molecule has 1 aliphatic heterocycles. The van der Waals surface area contributed by atoms with Crippen LogP contribution in [0.15, 0.2) is 91.0 Å². The molecule has 146 valence electrons. The van der Waals surface area contributed by atoms with Crippen LogP contribution in [0.25, 0.3) is 0 Å². The van der Waals surface area contributed by atoms with Crippen molar-refractivity contribution in [1.29, 1.82) is 0 Å². The SMILES string of the molecule is C[C@]1([C@H](Nc2ccccc2O)c2cccc(Oc3ccccc3)c2)C=CC(=O)O1. The number of hydrogen-bond donors (Lipinski definition) is 2. The first-order chi connectivity index (χ1) is 14.0. The maximum absolute atomic E-state index is 11.8. The van der Waals surface area contributed by atoms with Gasteiger partial charge in [0.15, 0.2) is 5.60 Å². The van der Waals surface area contributed by atoms with Crippen LogP contribution in [0.5, 0.6) is 17.2 Å². The Balaban J connectivity index is 1.69. The van der Waals surface area contributed by atoms with Gasteiger partial charge in [0.05, 0.1) is 11.7 Å². The Morgan fingerprint density at radius 1 is 0.966 bits per heavy atom. The maximum atomic E-state index is 11.8. The van der Waals surface area contributed by atoms with E-state index in [-0.39, 0.29) is 5.75 Å². The topological polar surface area (TPSA) is 67.8 Å². The number of phenols is 1.